The Morgan fingerprint density at radius 2 is 2.33 bits per heavy atom. The average molecular weight is 245 g/mol. The van der Waals surface area contributed by atoms with E-state index in [2.05, 4.69) is 17.2 Å². The van der Waals surface area contributed by atoms with Crippen molar-refractivity contribution in [2.75, 3.05) is 13.2 Å². The number of para-hydroxylation sites is 1. The fourth-order valence-electron chi connectivity index (χ4n) is 2.06. The molecule has 94 valence electrons. The molecule has 1 aliphatic rings. The van der Waals surface area contributed by atoms with Crippen molar-refractivity contribution in [3.63, 3.8) is 0 Å². The van der Waals surface area contributed by atoms with Gasteiger partial charge in [0.2, 0.25) is 0 Å². The average Bonchev–Trinajstić information content (AvgIpc) is 2.39. The molecule has 0 spiro atoms. The van der Waals surface area contributed by atoms with Crippen molar-refractivity contribution in [3.8, 4) is 17.6 Å². The maximum Gasteiger partial charge on any atom is 0.296 e. The van der Waals surface area contributed by atoms with Gasteiger partial charge in [-0.25, -0.2) is 0 Å². The zero-order valence-corrected chi connectivity index (χ0v) is 10.1. The van der Waals surface area contributed by atoms with Crippen molar-refractivity contribution in [1.29, 1.82) is 0 Å². The SMILES string of the molecule is CC#CC(=O)N[C@H]1c2ccccc2OC[C@H]1CO. The molecule has 4 heteroatoms. The van der Waals surface area contributed by atoms with Gasteiger partial charge in [-0.15, -0.1) is 0 Å². The number of amides is 1. The van der Waals surface area contributed by atoms with Crippen LogP contribution in [0, 0.1) is 17.8 Å². The molecule has 0 bridgehead atoms. The molecule has 1 aliphatic heterocycles. The summed E-state index contributed by atoms with van der Waals surface area (Å²) in [4.78, 5) is 11.6. The summed E-state index contributed by atoms with van der Waals surface area (Å²) < 4.78 is 5.55. The van der Waals surface area contributed by atoms with E-state index >= 15 is 0 Å². The van der Waals surface area contributed by atoms with Gasteiger partial charge in [-0.1, -0.05) is 24.1 Å². The molecule has 2 atom stereocenters. The zero-order chi connectivity index (χ0) is 13.0. The molecule has 1 amide bonds. The lowest BCUT2D eigenvalue weighted by Gasteiger charge is -2.32. The molecular formula is C14H15NO3. The van der Waals surface area contributed by atoms with E-state index in [1.807, 2.05) is 24.3 Å². The topological polar surface area (TPSA) is 58.6 Å². The lowest BCUT2D eigenvalue weighted by atomic mass is 9.91. The van der Waals surface area contributed by atoms with Gasteiger partial charge >= 0.3 is 0 Å². The lowest BCUT2D eigenvalue weighted by Crippen LogP contribution is -2.39. The third-order valence-electron chi connectivity index (χ3n) is 2.94. The van der Waals surface area contributed by atoms with Gasteiger partial charge < -0.3 is 15.2 Å². The number of nitrogens with one attached hydrogen (secondary N) is 1. The number of benzene rings is 1. The van der Waals surface area contributed by atoms with Gasteiger partial charge in [0.25, 0.3) is 5.91 Å². The van der Waals surface area contributed by atoms with Crippen LogP contribution in [0.3, 0.4) is 0 Å². The highest BCUT2D eigenvalue weighted by Gasteiger charge is 2.31. The Labute approximate surface area is 106 Å². The molecule has 0 aromatic heterocycles. The molecular weight excluding hydrogens is 230 g/mol. The maximum absolute atomic E-state index is 11.6. The molecule has 0 fully saturated rings. The molecule has 1 aromatic rings. The molecule has 4 nitrogen and oxygen atoms in total. The first-order chi connectivity index (χ1) is 8.76. The molecule has 0 radical (unpaired) electrons. The number of rotatable bonds is 2. The Morgan fingerprint density at radius 3 is 3.06 bits per heavy atom. The van der Waals surface area contributed by atoms with Gasteiger partial charge in [-0.2, -0.15) is 0 Å². The van der Waals surface area contributed by atoms with Crippen molar-refractivity contribution in [2.24, 2.45) is 5.92 Å². The molecule has 1 aromatic carbocycles. The highest BCUT2D eigenvalue weighted by molar-refractivity contribution is 5.93. The van der Waals surface area contributed by atoms with Crippen LogP contribution < -0.4 is 10.1 Å². The number of hydrogen-bond donors (Lipinski definition) is 2. The summed E-state index contributed by atoms with van der Waals surface area (Å²) in [5, 5.41) is 12.2. The van der Waals surface area contributed by atoms with E-state index in [0.29, 0.717) is 6.61 Å². The van der Waals surface area contributed by atoms with Crippen molar-refractivity contribution >= 4 is 5.91 Å². The Bertz CT molecular complexity index is 501. The van der Waals surface area contributed by atoms with E-state index in [1.165, 1.54) is 0 Å². The van der Waals surface area contributed by atoms with Crippen molar-refractivity contribution < 1.29 is 14.6 Å². The largest absolute Gasteiger partial charge is 0.493 e. The Morgan fingerprint density at radius 1 is 1.56 bits per heavy atom. The predicted octanol–water partition coefficient (Wildman–Crippen LogP) is 0.868. The third-order valence-corrected chi connectivity index (χ3v) is 2.94. The van der Waals surface area contributed by atoms with Gasteiger partial charge in [-0.05, 0) is 18.9 Å². The van der Waals surface area contributed by atoms with Gasteiger partial charge in [0.05, 0.1) is 19.3 Å². The van der Waals surface area contributed by atoms with Crippen LogP contribution in [0.4, 0.5) is 0 Å². The van der Waals surface area contributed by atoms with E-state index in [0.717, 1.165) is 11.3 Å². The smallest absolute Gasteiger partial charge is 0.296 e. The quantitative estimate of drug-likeness (QED) is 0.760. The molecule has 2 N–H and O–H groups in total. The van der Waals surface area contributed by atoms with E-state index in [4.69, 9.17) is 4.74 Å². The van der Waals surface area contributed by atoms with Crippen LogP contribution in [-0.4, -0.2) is 24.2 Å². The first-order valence-electron chi connectivity index (χ1n) is 5.82. The van der Waals surface area contributed by atoms with Gasteiger partial charge in [0.1, 0.15) is 5.75 Å². The summed E-state index contributed by atoms with van der Waals surface area (Å²) in [7, 11) is 0. The number of ether oxygens (including phenoxy) is 1. The van der Waals surface area contributed by atoms with E-state index in [-0.39, 0.29) is 24.5 Å². The number of carbonyl (C=O) groups is 1. The second-order valence-corrected chi connectivity index (χ2v) is 4.12. The highest BCUT2D eigenvalue weighted by Crippen LogP contribution is 2.34. The van der Waals surface area contributed by atoms with E-state index in [1.54, 1.807) is 6.92 Å². The van der Waals surface area contributed by atoms with Crippen LogP contribution >= 0.6 is 0 Å². The second kappa shape index (κ2) is 5.56. The molecule has 0 aliphatic carbocycles. The molecule has 1 heterocycles. The van der Waals surface area contributed by atoms with Gasteiger partial charge in [0, 0.05) is 11.5 Å². The van der Waals surface area contributed by atoms with E-state index in [9.17, 15) is 9.90 Å². The Kier molecular flexibility index (Phi) is 3.85. The summed E-state index contributed by atoms with van der Waals surface area (Å²) >= 11 is 0. The zero-order valence-electron chi connectivity index (χ0n) is 10.1. The number of aliphatic hydroxyl groups excluding tert-OH is 1. The number of carbonyl (C=O) groups excluding carboxylic acids is 1. The Balaban J connectivity index is 2.28. The Hall–Kier alpha value is -1.99. The van der Waals surface area contributed by atoms with Crippen LogP contribution in [0.1, 0.15) is 18.5 Å². The van der Waals surface area contributed by atoms with Crippen molar-refractivity contribution in [2.45, 2.75) is 13.0 Å². The fraction of sp³-hybridized carbons (Fsp3) is 0.357. The van der Waals surface area contributed by atoms with Crippen LogP contribution in [0.15, 0.2) is 24.3 Å². The summed E-state index contributed by atoms with van der Waals surface area (Å²) in [5.74, 6) is 5.27. The third kappa shape index (κ3) is 2.47. The number of aliphatic hydroxyl groups is 1. The highest BCUT2D eigenvalue weighted by atomic mass is 16.5. The molecule has 0 saturated carbocycles. The minimum absolute atomic E-state index is 0.0428. The second-order valence-electron chi connectivity index (χ2n) is 4.12. The molecule has 0 unspecified atom stereocenters. The summed E-state index contributed by atoms with van der Waals surface area (Å²) in [6.07, 6.45) is 0. The minimum Gasteiger partial charge on any atom is -0.493 e. The van der Waals surface area contributed by atoms with Crippen LogP contribution in [0.2, 0.25) is 0 Å². The first kappa shape index (κ1) is 12.5. The minimum atomic E-state index is -0.336. The number of fused-ring (bicyclic) bond motifs is 1. The molecule has 2 rings (SSSR count). The maximum atomic E-state index is 11.6. The van der Waals surface area contributed by atoms with Crippen molar-refractivity contribution in [1.82, 2.24) is 5.32 Å². The summed E-state index contributed by atoms with van der Waals surface area (Å²) in [6.45, 7) is 1.96. The van der Waals surface area contributed by atoms with Gasteiger partial charge in [-0.3, -0.25) is 4.79 Å². The van der Waals surface area contributed by atoms with Crippen molar-refractivity contribution in [3.05, 3.63) is 29.8 Å². The monoisotopic (exact) mass is 245 g/mol. The number of hydrogen-bond acceptors (Lipinski definition) is 3. The lowest BCUT2D eigenvalue weighted by molar-refractivity contribution is -0.117. The standard InChI is InChI=1S/C14H15NO3/c1-2-5-13(17)15-14-10(8-16)9-18-12-7-4-3-6-11(12)14/h3-4,6-7,10,14,16H,8-9H2,1H3,(H,15,17)/t10-,14-/m1/s1. The normalized spacial score (nSPS) is 21.0. The van der Waals surface area contributed by atoms with Crippen LogP contribution in [0.25, 0.3) is 0 Å². The fourth-order valence-corrected chi connectivity index (χ4v) is 2.06. The first-order valence-corrected chi connectivity index (χ1v) is 5.82. The van der Waals surface area contributed by atoms with Crippen LogP contribution in [-0.2, 0) is 4.79 Å². The van der Waals surface area contributed by atoms with Crippen LogP contribution in [0.5, 0.6) is 5.75 Å². The summed E-state index contributed by atoms with van der Waals surface area (Å²) in [5.41, 5.74) is 0.883. The predicted molar refractivity (Wildman–Crippen MR) is 66.8 cm³/mol. The molecule has 18 heavy (non-hydrogen) atoms. The summed E-state index contributed by atoms with van der Waals surface area (Å²) in [6, 6.07) is 7.25. The van der Waals surface area contributed by atoms with E-state index < -0.39 is 0 Å². The molecule has 0 saturated heterocycles. The van der Waals surface area contributed by atoms with Gasteiger partial charge in [0.15, 0.2) is 0 Å².